The van der Waals surface area contributed by atoms with Gasteiger partial charge in [0.1, 0.15) is 24.7 Å². The molecule has 3 aromatic rings. The molecule has 3 aromatic carbocycles. The molecule has 1 amide bonds. The predicted octanol–water partition coefficient (Wildman–Crippen LogP) is 3.98. The van der Waals surface area contributed by atoms with Gasteiger partial charge in [-0.2, -0.15) is 0 Å². The van der Waals surface area contributed by atoms with Crippen LogP contribution in [0.5, 0.6) is 11.5 Å². The smallest absolute Gasteiger partial charge is 0.257 e. The van der Waals surface area contributed by atoms with Gasteiger partial charge in [0.15, 0.2) is 5.11 Å². The highest BCUT2D eigenvalue weighted by molar-refractivity contribution is 7.80. The van der Waals surface area contributed by atoms with E-state index in [1.54, 1.807) is 18.2 Å². The van der Waals surface area contributed by atoms with Gasteiger partial charge in [-0.25, -0.2) is 0 Å². The van der Waals surface area contributed by atoms with Crippen LogP contribution < -0.4 is 14.8 Å². The van der Waals surface area contributed by atoms with Crippen LogP contribution in [0.3, 0.4) is 0 Å². The zero-order valence-corrected chi connectivity index (χ0v) is 19.9. The van der Waals surface area contributed by atoms with Gasteiger partial charge in [-0.05, 0) is 48.1 Å². The molecule has 0 radical (unpaired) electrons. The molecule has 1 aliphatic rings. The molecule has 0 spiro atoms. The second-order valence-electron chi connectivity index (χ2n) is 8.05. The van der Waals surface area contributed by atoms with Crippen molar-refractivity contribution in [2.24, 2.45) is 0 Å². The van der Waals surface area contributed by atoms with Gasteiger partial charge in [-0.15, -0.1) is 0 Å². The summed E-state index contributed by atoms with van der Waals surface area (Å²) in [5.74, 6) is 1.18. The topological polar surface area (TPSA) is 54.0 Å². The summed E-state index contributed by atoms with van der Waals surface area (Å²) in [5, 5.41) is 3.33. The van der Waals surface area contributed by atoms with E-state index in [4.69, 9.17) is 21.7 Å². The number of hydrogen-bond donors (Lipinski definition) is 1. The van der Waals surface area contributed by atoms with E-state index < -0.39 is 0 Å². The van der Waals surface area contributed by atoms with Gasteiger partial charge in [0.05, 0.1) is 0 Å². The van der Waals surface area contributed by atoms with E-state index in [0.717, 1.165) is 38.5 Å². The van der Waals surface area contributed by atoms with E-state index in [2.05, 4.69) is 39.4 Å². The van der Waals surface area contributed by atoms with Crippen molar-refractivity contribution in [1.82, 2.24) is 15.1 Å². The lowest BCUT2D eigenvalue weighted by atomic mass is 10.2. The summed E-state index contributed by atoms with van der Waals surface area (Å²) < 4.78 is 11.4. The summed E-state index contributed by atoms with van der Waals surface area (Å²) in [6.07, 6.45) is 0. The largest absolute Gasteiger partial charge is 0.490 e. The Labute approximate surface area is 206 Å². The highest BCUT2D eigenvalue weighted by Crippen LogP contribution is 2.15. The van der Waals surface area contributed by atoms with Gasteiger partial charge < -0.3 is 14.4 Å². The van der Waals surface area contributed by atoms with E-state index in [1.165, 1.54) is 5.56 Å². The minimum absolute atomic E-state index is 0.234. The number of thiocarbonyl (C=S) groups is 1. The lowest BCUT2D eigenvalue weighted by Gasteiger charge is -2.36. The van der Waals surface area contributed by atoms with Gasteiger partial charge in [0.25, 0.3) is 5.91 Å². The van der Waals surface area contributed by atoms with Crippen molar-refractivity contribution < 1.29 is 14.3 Å². The van der Waals surface area contributed by atoms with E-state index in [-0.39, 0.29) is 5.91 Å². The molecule has 1 saturated heterocycles. The molecule has 1 aliphatic heterocycles. The van der Waals surface area contributed by atoms with Crippen molar-refractivity contribution in [3.63, 3.8) is 0 Å². The van der Waals surface area contributed by atoms with Gasteiger partial charge in [0, 0.05) is 38.3 Å². The number of benzene rings is 3. The molecule has 7 heteroatoms. The Morgan fingerprint density at radius 2 is 1.41 bits per heavy atom. The molecule has 1 N–H and O–H groups in total. The molecule has 0 aromatic heterocycles. The summed E-state index contributed by atoms with van der Waals surface area (Å²) in [5.41, 5.74) is 1.81. The first-order chi connectivity index (χ1) is 16.7. The number of nitrogens with one attached hydrogen (secondary N) is 1. The Morgan fingerprint density at radius 1 is 0.794 bits per heavy atom. The maximum absolute atomic E-state index is 12.8. The molecular weight excluding hydrogens is 446 g/mol. The summed E-state index contributed by atoms with van der Waals surface area (Å²) >= 11 is 5.51. The summed E-state index contributed by atoms with van der Waals surface area (Å²) in [6.45, 7) is 5.11. The number of carbonyl (C=O) groups is 1. The zero-order valence-electron chi connectivity index (χ0n) is 19.1. The average Bonchev–Trinajstić information content (AvgIpc) is 2.88. The molecule has 0 bridgehead atoms. The second-order valence-corrected chi connectivity index (χ2v) is 8.43. The number of nitrogens with zero attached hydrogens (tertiary/aromatic N) is 2. The maximum atomic E-state index is 12.8. The molecule has 34 heavy (non-hydrogen) atoms. The molecule has 0 atom stereocenters. The van der Waals surface area contributed by atoms with Crippen LogP contribution in [0, 0.1) is 0 Å². The summed E-state index contributed by atoms with van der Waals surface area (Å²) in [7, 11) is 0. The van der Waals surface area contributed by atoms with E-state index in [1.807, 2.05) is 42.5 Å². The van der Waals surface area contributed by atoms with Crippen LogP contribution in [0.15, 0.2) is 84.9 Å². The van der Waals surface area contributed by atoms with Crippen LogP contribution in [-0.2, 0) is 6.54 Å². The first kappa shape index (κ1) is 23.7. The number of carbonyl (C=O) groups excluding carboxylic acids is 1. The molecule has 4 rings (SSSR count). The highest BCUT2D eigenvalue weighted by Gasteiger charge is 2.20. The number of piperazine rings is 1. The van der Waals surface area contributed by atoms with Crippen LogP contribution in [-0.4, -0.2) is 60.2 Å². The average molecular weight is 476 g/mol. The van der Waals surface area contributed by atoms with Crippen molar-refractivity contribution >= 4 is 23.2 Å². The lowest BCUT2D eigenvalue weighted by Crippen LogP contribution is -2.52. The number of rotatable bonds is 8. The number of para-hydroxylation sites is 1. The van der Waals surface area contributed by atoms with Crippen molar-refractivity contribution in [2.75, 3.05) is 39.4 Å². The molecular formula is C27H29N3O3S. The Bertz CT molecular complexity index is 1070. The summed E-state index contributed by atoms with van der Waals surface area (Å²) in [4.78, 5) is 17.2. The third-order valence-corrected chi connectivity index (χ3v) is 5.95. The van der Waals surface area contributed by atoms with Crippen LogP contribution >= 0.6 is 12.2 Å². The zero-order chi connectivity index (χ0) is 23.6. The first-order valence-corrected chi connectivity index (χ1v) is 11.9. The normalized spacial score (nSPS) is 13.8. The minimum Gasteiger partial charge on any atom is -0.490 e. The summed E-state index contributed by atoms with van der Waals surface area (Å²) in [6, 6.07) is 27.1. The van der Waals surface area contributed by atoms with Crippen molar-refractivity contribution in [1.29, 1.82) is 0 Å². The van der Waals surface area contributed by atoms with Crippen molar-refractivity contribution in [2.45, 2.75) is 6.54 Å². The quantitative estimate of drug-likeness (QED) is 0.393. The molecule has 176 valence electrons. The van der Waals surface area contributed by atoms with Crippen molar-refractivity contribution in [3.8, 4) is 11.5 Å². The van der Waals surface area contributed by atoms with Crippen LogP contribution in [0.2, 0.25) is 0 Å². The monoisotopic (exact) mass is 475 g/mol. The maximum Gasteiger partial charge on any atom is 0.257 e. The Hall–Kier alpha value is -3.42. The van der Waals surface area contributed by atoms with Gasteiger partial charge in [0.2, 0.25) is 0 Å². The van der Waals surface area contributed by atoms with E-state index in [0.29, 0.717) is 29.6 Å². The van der Waals surface area contributed by atoms with Crippen LogP contribution in [0.25, 0.3) is 0 Å². The second kappa shape index (κ2) is 12.2. The van der Waals surface area contributed by atoms with E-state index in [9.17, 15) is 4.79 Å². The molecule has 1 heterocycles. The van der Waals surface area contributed by atoms with Crippen LogP contribution in [0.1, 0.15) is 15.9 Å². The fraction of sp³-hybridized carbons (Fsp3) is 0.259. The Balaban J connectivity index is 1.20. The number of ether oxygens (including phenoxy) is 2. The SMILES string of the molecule is O=C(NC(=S)N1CCN(Cc2ccccc2)CC1)c1cccc(OCCOc2ccccc2)c1. The van der Waals surface area contributed by atoms with Gasteiger partial charge in [-0.3, -0.25) is 15.0 Å². The predicted molar refractivity (Wildman–Crippen MR) is 137 cm³/mol. The standard InChI is InChI=1S/C27H29N3O3S/c31-26(23-10-7-13-25(20-23)33-19-18-32-24-11-5-2-6-12-24)28-27(34)30-16-14-29(15-17-30)21-22-8-3-1-4-9-22/h1-13,20H,14-19,21H2,(H,28,31,34). The molecule has 0 unspecified atom stereocenters. The number of amides is 1. The fourth-order valence-corrected chi connectivity index (χ4v) is 4.04. The Kier molecular flexibility index (Phi) is 8.48. The third kappa shape index (κ3) is 7.04. The van der Waals surface area contributed by atoms with Crippen molar-refractivity contribution in [3.05, 3.63) is 96.1 Å². The van der Waals surface area contributed by atoms with Gasteiger partial charge in [-0.1, -0.05) is 54.6 Å². The Morgan fingerprint density at radius 3 is 2.12 bits per heavy atom. The highest BCUT2D eigenvalue weighted by atomic mass is 32.1. The number of hydrogen-bond acceptors (Lipinski definition) is 5. The first-order valence-electron chi connectivity index (χ1n) is 11.4. The molecule has 6 nitrogen and oxygen atoms in total. The van der Waals surface area contributed by atoms with E-state index >= 15 is 0 Å². The molecule has 0 aliphatic carbocycles. The minimum atomic E-state index is -0.234. The van der Waals surface area contributed by atoms with Crippen LogP contribution in [0.4, 0.5) is 0 Å². The van der Waals surface area contributed by atoms with Gasteiger partial charge >= 0.3 is 0 Å². The fourth-order valence-electron chi connectivity index (χ4n) is 3.76. The molecule has 1 fully saturated rings. The third-order valence-electron chi connectivity index (χ3n) is 5.59. The molecule has 0 saturated carbocycles. The lowest BCUT2D eigenvalue weighted by molar-refractivity contribution is 0.0968.